The Morgan fingerprint density at radius 1 is 1.14 bits per heavy atom. The summed E-state index contributed by atoms with van der Waals surface area (Å²) >= 11 is 0. The van der Waals surface area contributed by atoms with E-state index >= 15 is 0 Å². The average molecular weight is 283 g/mol. The van der Waals surface area contributed by atoms with E-state index in [1.807, 2.05) is 45.0 Å². The quantitative estimate of drug-likeness (QED) is 0.793. The van der Waals surface area contributed by atoms with Crippen LogP contribution in [-0.2, 0) is 4.74 Å². The number of aromatic nitrogens is 1. The van der Waals surface area contributed by atoms with Crippen LogP contribution in [0, 0.1) is 0 Å². The fourth-order valence-corrected chi connectivity index (χ4v) is 2.06. The zero-order chi connectivity index (χ0) is 15.5. The lowest BCUT2D eigenvalue weighted by Crippen LogP contribution is -2.24. The molecule has 2 aromatic rings. The molecule has 3 nitrogen and oxygen atoms in total. The van der Waals surface area contributed by atoms with Gasteiger partial charge >= 0.3 is 5.97 Å². The van der Waals surface area contributed by atoms with Crippen molar-refractivity contribution in [2.24, 2.45) is 0 Å². The molecule has 1 aromatic carbocycles. The molecule has 1 unspecified atom stereocenters. The zero-order valence-electron chi connectivity index (χ0n) is 13.0. The Kier molecular flexibility index (Phi) is 4.41. The summed E-state index contributed by atoms with van der Waals surface area (Å²) in [5.74, 6) is -0.181. The lowest BCUT2D eigenvalue weighted by Gasteiger charge is -2.20. The number of hydrogen-bond donors (Lipinski definition) is 0. The highest BCUT2D eigenvalue weighted by atomic mass is 16.6. The maximum atomic E-state index is 12.1. The van der Waals surface area contributed by atoms with Crippen LogP contribution >= 0.6 is 0 Å². The first-order valence-corrected chi connectivity index (χ1v) is 7.11. The summed E-state index contributed by atoms with van der Waals surface area (Å²) in [6.07, 6.45) is 1.66. The molecule has 0 bridgehead atoms. The van der Waals surface area contributed by atoms with Crippen molar-refractivity contribution in [1.82, 2.24) is 4.98 Å². The first kappa shape index (κ1) is 15.2. The summed E-state index contributed by atoms with van der Waals surface area (Å²) < 4.78 is 5.40. The number of carbonyl (C=O) groups is 1. The average Bonchev–Trinajstić information content (AvgIpc) is 2.46. The minimum Gasteiger partial charge on any atom is -0.456 e. The second-order valence-corrected chi connectivity index (χ2v) is 6.10. The van der Waals surface area contributed by atoms with Crippen molar-refractivity contribution < 1.29 is 9.53 Å². The predicted molar refractivity (Wildman–Crippen MR) is 83.4 cm³/mol. The molecular formula is C18H21NO2. The highest BCUT2D eigenvalue weighted by molar-refractivity contribution is 5.89. The minimum absolute atomic E-state index is 0.133. The molecule has 2 rings (SSSR count). The second-order valence-electron chi connectivity index (χ2n) is 6.10. The van der Waals surface area contributed by atoms with E-state index in [1.54, 1.807) is 12.3 Å². The number of hydrogen-bond acceptors (Lipinski definition) is 3. The van der Waals surface area contributed by atoms with Gasteiger partial charge in [0.05, 0.1) is 5.56 Å². The summed E-state index contributed by atoms with van der Waals surface area (Å²) in [5, 5.41) is 0. The fourth-order valence-electron chi connectivity index (χ4n) is 2.06. The topological polar surface area (TPSA) is 39.2 Å². The Balaban J connectivity index is 2.24. The van der Waals surface area contributed by atoms with Crippen LogP contribution in [0.1, 0.15) is 55.2 Å². The standard InChI is InChI=1S/C18H21NO2/c1-13(14-8-6-5-7-9-14)16-12-15(10-11-19-16)17(20)21-18(2,3)4/h5-13H,1-4H3. The van der Waals surface area contributed by atoms with Crippen molar-refractivity contribution in [2.75, 3.05) is 0 Å². The van der Waals surface area contributed by atoms with Gasteiger partial charge in [-0.1, -0.05) is 37.3 Å². The summed E-state index contributed by atoms with van der Waals surface area (Å²) in [6.45, 7) is 7.66. The van der Waals surface area contributed by atoms with Gasteiger partial charge in [-0.15, -0.1) is 0 Å². The van der Waals surface area contributed by atoms with Crippen molar-refractivity contribution in [3.8, 4) is 0 Å². The Labute approximate surface area is 126 Å². The molecule has 0 radical (unpaired) electrons. The lowest BCUT2D eigenvalue weighted by atomic mass is 9.96. The van der Waals surface area contributed by atoms with Crippen LogP contribution in [0.2, 0.25) is 0 Å². The maximum Gasteiger partial charge on any atom is 0.338 e. The van der Waals surface area contributed by atoms with Gasteiger partial charge in [0.15, 0.2) is 0 Å². The molecule has 0 fully saturated rings. The van der Waals surface area contributed by atoms with Gasteiger partial charge in [0.25, 0.3) is 0 Å². The van der Waals surface area contributed by atoms with E-state index in [0.717, 1.165) is 5.69 Å². The van der Waals surface area contributed by atoms with Crippen LogP contribution in [-0.4, -0.2) is 16.6 Å². The minimum atomic E-state index is -0.494. The summed E-state index contributed by atoms with van der Waals surface area (Å²) in [6, 6.07) is 13.6. The van der Waals surface area contributed by atoms with Crippen LogP contribution in [0.5, 0.6) is 0 Å². The SMILES string of the molecule is CC(c1ccccc1)c1cc(C(=O)OC(C)(C)C)ccn1. The molecule has 1 aromatic heterocycles. The number of benzene rings is 1. The van der Waals surface area contributed by atoms with Gasteiger partial charge in [0.2, 0.25) is 0 Å². The maximum absolute atomic E-state index is 12.1. The Hall–Kier alpha value is -2.16. The number of ether oxygens (including phenoxy) is 1. The van der Waals surface area contributed by atoms with Gasteiger partial charge < -0.3 is 4.74 Å². The molecule has 0 amide bonds. The lowest BCUT2D eigenvalue weighted by molar-refractivity contribution is 0.00692. The van der Waals surface area contributed by atoms with Crippen molar-refractivity contribution in [2.45, 2.75) is 39.2 Å². The van der Waals surface area contributed by atoms with Gasteiger partial charge in [-0.05, 0) is 38.5 Å². The fraction of sp³-hybridized carbons (Fsp3) is 0.333. The summed E-state index contributed by atoms with van der Waals surface area (Å²) in [5.41, 5.74) is 2.08. The molecule has 3 heteroatoms. The van der Waals surface area contributed by atoms with E-state index < -0.39 is 5.60 Å². The summed E-state index contributed by atoms with van der Waals surface area (Å²) in [7, 11) is 0. The van der Waals surface area contributed by atoms with E-state index in [4.69, 9.17) is 4.74 Å². The number of pyridine rings is 1. The molecule has 0 aliphatic rings. The van der Waals surface area contributed by atoms with Gasteiger partial charge in [0.1, 0.15) is 5.60 Å². The molecule has 21 heavy (non-hydrogen) atoms. The van der Waals surface area contributed by atoms with Crippen LogP contribution in [0.3, 0.4) is 0 Å². The molecular weight excluding hydrogens is 262 g/mol. The van der Waals surface area contributed by atoms with Crippen molar-refractivity contribution in [3.63, 3.8) is 0 Å². The zero-order valence-corrected chi connectivity index (χ0v) is 13.0. The van der Waals surface area contributed by atoms with Gasteiger partial charge in [-0.2, -0.15) is 0 Å². The third kappa shape index (κ3) is 4.15. The van der Waals surface area contributed by atoms with Crippen molar-refractivity contribution >= 4 is 5.97 Å². The Bertz CT molecular complexity index is 615. The number of nitrogens with zero attached hydrogens (tertiary/aromatic N) is 1. The highest BCUT2D eigenvalue weighted by Crippen LogP contribution is 2.23. The van der Waals surface area contributed by atoms with E-state index in [-0.39, 0.29) is 11.9 Å². The van der Waals surface area contributed by atoms with Crippen molar-refractivity contribution in [1.29, 1.82) is 0 Å². The van der Waals surface area contributed by atoms with Gasteiger partial charge in [-0.25, -0.2) is 4.79 Å². The molecule has 0 saturated carbocycles. The molecule has 1 heterocycles. The molecule has 0 aliphatic heterocycles. The largest absolute Gasteiger partial charge is 0.456 e. The number of carbonyl (C=O) groups excluding carboxylic acids is 1. The van der Waals surface area contributed by atoms with E-state index in [2.05, 4.69) is 24.0 Å². The van der Waals surface area contributed by atoms with Crippen LogP contribution in [0.25, 0.3) is 0 Å². The molecule has 0 N–H and O–H groups in total. The molecule has 1 atom stereocenters. The van der Waals surface area contributed by atoms with Gasteiger partial charge in [0, 0.05) is 17.8 Å². The third-order valence-electron chi connectivity index (χ3n) is 3.16. The first-order valence-electron chi connectivity index (χ1n) is 7.11. The van der Waals surface area contributed by atoms with Crippen LogP contribution in [0.15, 0.2) is 48.7 Å². The second kappa shape index (κ2) is 6.08. The smallest absolute Gasteiger partial charge is 0.338 e. The van der Waals surface area contributed by atoms with Gasteiger partial charge in [-0.3, -0.25) is 4.98 Å². The van der Waals surface area contributed by atoms with Crippen LogP contribution in [0.4, 0.5) is 0 Å². The first-order chi connectivity index (χ1) is 9.87. The monoisotopic (exact) mass is 283 g/mol. The Morgan fingerprint density at radius 3 is 2.43 bits per heavy atom. The van der Waals surface area contributed by atoms with E-state index in [1.165, 1.54) is 5.56 Å². The van der Waals surface area contributed by atoms with E-state index in [9.17, 15) is 4.79 Å². The normalized spacial score (nSPS) is 12.8. The molecule has 0 saturated heterocycles. The predicted octanol–water partition coefficient (Wildman–Crippen LogP) is 4.19. The Morgan fingerprint density at radius 2 is 1.81 bits per heavy atom. The third-order valence-corrected chi connectivity index (χ3v) is 3.16. The van der Waals surface area contributed by atoms with Crippen molar-refractivity contribution in [3.05, 3.63) is 65.5 Å². The molecule has 0 spiro atoms. The number of rotatable bonds is 3. The van der Waals surface area contributed by atoms with E-state index in [0.29, 0.717) is 5.56 Å². The summed E-state index contributed by atoms with van der Waals surface area (Å²) in [4.78, 5) is 16.5. The number of esters is 1. The highest BCUT2D eigenvalue weighted by Gasteiger charge is 2.19. The molecule has 0 aliphatic carbocycles. The molecule has 110 valence electrons. The van der Waals surface area contributed by atoms with Crippen LogP contribution < -0.4 is 0 Å².